The number of ether oxygens (including phenoxy) is 3. The van der Waals surface area contributed by atoms with E-state index in [2.05, 4.69) is 4.98 Å². The molecule has 1 aromatic carbocycles. The molecule has 0 bridgehead atoms. The first-order chi connectivity index (χ1) is 15.6. The Labute approximate surface area is 189 Å². The molecule has 32 heavy (non-hydrogen) atoms. The van der Waals surface area contributed by atoms with Gasteiger partial charge in [0, 0.05) is 12.8 Å². The Hall–Kier alpha value is -3.17. The van der Waals surface area contributed by atoms with Crippen LogP contribution in [-0.4, -0.2) is 53.8 Å². The predicted octanol–water partition coefficient (Wildman–Crippen LogP) is 4.10. The number of carbonyl (C=O) groups is 1. The van der Waals surface area contributed by atoms with Crippen molar-refractivity contribution in [1.82, 2.24) is 14.4 Å². The van der Waals surface area contributed by atoms with Crippen LogP contribution in [0.4, 0.5) is 5.13 Å². The molecule has 0 radical (unpaired) electrons. The van der Waals surface area contributed by atoms with Crippen molar-refractivity contribution in [2.45, 2.75) is 25.9 Å². The van der Waals surface area contributed by atoms with Crippen LogP contribution in [0.25, 0.3) is 15.9 Å². The lowest BCUT2D eigenvalue weighted by atomic mass is 10.2. The highest BCUT2D eigenvalue weighted by Crippen LogP contribution is 2.40. The van der Waals surface area contributed by atoms with Crippen LogP contribution in [0.1, 0.15) is 29.0 Å². The van der Waals surface area contributed by atoms with E-state index < -0.39 is 0 Å². The van der Waals surface area contributed by atoms with Crippen molar-refractivity contribution in [2.24, 2.45) is 0 Å². The fourth-order valence-electron chi connectivity index (χ4n) is 4.13. The third-order valence-corrected chi connectivity index (χ3v) is 6.78. The van der Waals surface area contributed by atoms with Gasteiger partial charge in [0.05, 0.1) is 32.6 Å². The van der Waals surface area contributed by atoms with Crippen molar-refractivity contribution >= 4 is 38.2 Å². The number of fused-ring (bicyclic) bond motifs is 2. The molecule has 1 amide bonds. The van der Waals surface area contributed by atoms with Gasteiger partial charge in [-0.1, -0.05) is 17.4 Å². The van der Waals surface area contributed by atoms with E-state index in [1.165, 1.54) is 11.3 Å². The number of aryl methyl sites for hydroxylation is 1. The number of nitrogens with zero attached hydrogens (tertiary/aromatic N) is 4. The number of hydrogen-bond donors (Lipinski definition) is 0. The van der Waals surface area contributed by atoms with Gasteiger partial charge >= 0.3 is 0 Å². The van der Waals surface area contributed by atoms with Gasteiger partial charge in [-0.2, -0.15) is 0 Å². The van der Waals surface area contributed by atoms with Gasteiger partial charge < -0.3 is 14.2 Å². The zero-order valence-corrected chi connectivity index (χ0v) is 19.0. The van der Waals surface area contributed by atoms with Crippen LogP contribution in [0.15, 0.2) is 36.5 Å². The second-order valence-electron chi connectivity index (χ2n) is 7.67. The van der Waals surface area contributed by atoms with Gasteiger partial charge in [-0.15, -0.1) is 0 Å². The molecule has 3 aromatic heterocycles. The summed E-state index contributed by atoms with van der Waals surface area (Å²) in [6.45, 7) is 2.99. The lowest BCUT2D eigenvalue weighted by Crippen LogP contribution is -2.38. The second kappa shape index (κ2) is 8.40. The highest BCUT2D eigenvalue weighted by Gasteiger charge is 2.30. The molecule has 1 unspecified atom stereocenters. The van der Waals surface area contributed by atoms with Crippen LogP contribution < -0.4 is 14.4 Å². The van der Waals surface area contributed by atoms with E-state index in [0.29, 0.717) is 46.7 Å². The number of aromatic nitrogens is 3. The molecule has 0 N–H and O–H groups in total. The molecule has 1 saturated heterocycles. The van der Waals surface area contributed by atoms with E-state index >= 15 is 0 Å². The second-order valence-corrected chi connectivity index (χ2v) is 8.65. The summed E-state index contributed by atoms with van der Waals surface area (Å²) >= 11 is 1.41. The van der Waals surface area contributed by atoms with Gasteiger partial charge in [0.15, 0.2) is 5.13 Å². The third kappa shape index (κ3) is 3.47. The van der Waals surface area contributed by atoms with Gasteiger partial charge in [-0.3, -0.25) is 14.1 Å². The van der Waals surface area contributed by atoms with Crippen molar-refractivity contribution in [3.63, 3.8) is 0 Å². The molecule has 4 heterocycles. The minimum absolute atomic E-state index is 0.0331. The molecule has 5 rings (SSSR count). The number of methoxy groups -OCH3 is 2. The number of rotatable bonds is 6. The van der Waals surface area contributed by atoms with E-state index in [1.54, 1.807) is 19.1 Å². The Bertz CT molecular complexity index is 1250. The summed E-state index contributed by atoms with van der Waals surface area (Å²) in [5.74, 6) is 1.17. The van der Waals surface area contributed by atoms with E-state index in [9.17, 15) is 4.79 Å². The predicted molar refractivity (Wildman–Crippen MR) is 123 cm³/mol. The summed E-state index contributed by atoms with van der Waals surface area (Å²) in [6, 6.07) is 9.37. The van der Waals surface area contributed by atoms with Crippen molar-refractivity contribution < 1.29 is 19.0 Å². The molecule has 8 nitrogen and oxygen atoms in total. The summed E-state index contributed by atoms with van der Waals surface area (Å²) in [5.41, 5.74) is 2.61. The van der Waals surface area contributed by atoms with E-state index in [0.717, 1.165) is 23.2 Å². The van der Waals surface area contributed by atoms with E-state index in [4.69, 9.17) is 19.2 Å². The first-order valence-corrected chi connectivity index (χ1v) is 11.3. The SMILES string of the molecule is COc1ccc(OC)c2sc(N(CC3CCCO3)C(=O)c3c(C)nc4ccccn34)nc12. The average molecular weight is 453 g/mol. The maximum atomic E-state index is 13.9. The Morgan fingerprint density at radius 1 is 1.22 bits per heavy atom. The first kappa shape index (κ1) is 20.7. The van der Waals surface area contributed by atoms with Crippen LogP contribution in [-0.2, 0) is 4.74 Å². The lowest BCUT2D eigenvalue weighted by molar-refractivity contribution is 0.0912. The quantitative estimate of drug-likeness (QED) is 0.438. The van der Waals surface area contributed by atoms with Gasteiger partial charge in [0.2, 0.25) is 0 Å². The summed E-state index contributed by atoms with van der Waals surface area (Å²) in [4.78, 5) is 25.0. The molecule has 4 aromatic rings. The van der Waals surface area contributed by atoms with Gasteiger partial charge in [-0.05, 0) is 44.0 Å². The molecule has 9 heteroatoms. The highest BCUT2D eigenvalue weighted by atomic mass is 32.1. The molecule has 1 fully saturated rings. The van der Waals surface area contributed by atoms with Crippen LogP contribution in [0.3, 0.4) is 0 Å². The number of imidazole rings is 1. The minimum Gasteiger partial charge on any atom is -0.495 e. The standard InChI is InChI=1S/C23H24N4O4S/c1-14-20(26-11-5-4-8-18(26)24-14)22(28)27(13-15-7-6-12-31-15)23-25-19-16(29-2)9-10-17(30-3)21(19)32-23/h4-5,8-11,15H,6-7,12-13H2,1-3H3. The lowest BCUT2D eigenvalue weighted by Gasteiger charge is -2.23. The number of amides is 1. The Morgan fingerprint density at radius 3 is 2.78 bits per heavy atom. The van der Waals surface area contributed by atoms with Crippen molar-refractivity contribution in [3.8, 4) is 11.5 Å². The van der Waals surface area contributed by atoms with Crippen LogP contribution in [0, 0.1) is 6.92 Å². The number of thiazole rings is 1. The van der Waals surface area contributed by atoms with Crippen LogP contribution in [0.2, 0.25) is 0 Å². The zero-order valence-electron chi connectivity index (χ0n) is 18.2. The number of benzene rings is 1. The Morgan fingerprint density at radius 2 is 2.03 bits per heavy atom. The molecule has 1 atom stereocenters. The number of hydrogen-bond acceptors (Lipinski definition) is 7. The maximum absolute atomic E-state index is 13.9. The molecule has 0 saturated carbocycles. The fraction of sp³-hybridized carbons (Fsp3) is 0.348. The Balaban J connectivity index is 1.64. The molecule has 0 spiro atoms. The van der Waals surface area contributed by atoms with Gasteiger partial charge in [-0.25, -0.2) is 9.97 Å². The molecular formula is C23H24N4O4S. The van der Waals surface area contributed by atoms with Crippen molar-refractivity contribution in [3.05, 3.63) is 47.9 Å². The average Bonchev–Trinajstić information content (AvgIpc) is 3.54. The summed E-state index contributed by atoms with van der Waals surface area (Å²) in [5, 5.41) is 0.577. The van der Waals surface area contributed by atoms with E-state index in [-0.39, 0.29) is 12.0 Å². The summed E-state index contributed by atoms with van der Waals surface area (Å²) < 4.78 is 19.6. The zero-order chi connectivity index (χ0) is 22.2. The molecule has 166 valence electrons. The van der Waals surface area contributed by atoms with Crippen LogP contribution >= 0.6 is 11.3 Å². The largest absolute Gasteiger partial charge is 0.495 e. The summed E-state index contributed by atoms with van der Waals surface area (Å²) in [6.07, 6.45) is 3.72. The first-order valence-electron chi connectivity index (χ1n) is 10.5. The maximum Gasteiger partial charge on any atom is 0.279 e. The molecule has 1 aliphatic rings. The fourth-order valence-corrected chi connectivity index (χ4v) is 5.21. The van der Waals surface area contributed by atoms with E-state index in [1.807, 2.05) is 47.9 Å². The van der Waals surface area contributed by atoms with Crippen LogP contribution in [0.5, 0.6) is 11.5 Å². The third-order valence-electron chi connectivity index (χ3n) is 5.69. The Kier molecular flexibility index (Phi) is 5.44. The number of carbonyl (C=O) groups excluding carboxylic acids is 1. The van der Waals surface area contributed by atoms with Gasteiger partial charge in [0.25, 0.3) is 5.91 Å². The molecular weight excluding hydrogens is 428 g/mol. The minimum atomic E-state index is -0.159. The van der Waals surface area contributed by atoms with Gasteiger partial charge in [0.1, 0.15) is 33.1 Å². The number of anilines is 1. The smallest absolute Gasteiger partial charge is 0.279 e. The summed E-state index contributed by atoms with van der Waals surface area (Å²) in [7, 11) is 3.23. The molecule has 1 aliphatic heterocycles. The molecule has 0 aliphatic carbocycles. The topological polar surface area (TPSA) is 78.2 Å². The highest BCUT2D eigenvalue weighted by molar-refractivity contribution is 7.22. The monoisotopic (exact) mass is 452 g/mol. The van der Waals surface area contributed by atoms with Crippen molar-refractivity contribution in [1.29, 1.82) is 0 Å². The van der Waals surface area contributed by atoms with Crippen molar-refractivity contribution in [2.75, 3.05) is 32.3 Å². The number of pyridine rings is 1. The normalized spacial score (nSPS) is 16.0.